The molecule has 5 heteroatoms. The highest BCUT2D eigenvalue weighted by molar-refractivity contribution is 9.10. The van der Waals surface area contributed by atoms with Gasteiger partial charge in [-0.3, -0.25) is 0 Å². The highest BCUT2D eigenvalue weighted by atomic mass is 79.9. The molecule has 2 aromatic rings. The molecule has 0 heterocycles. The van der Waals surface area contributed by atoms with E-state index in [1.54, 1.807) is 37.3 Å². The summed E-state index contributed by atoms with van der Waals surface area (Å²) in [4.78, 5) is 0.209. The first kappa shape index (κ1) is 15.1. The van der Waals surface area contributed by atoms with E-state index < -0.39 is 10.1 Å². The molecule has 0 aliphatic carbocycles. The van der Waals surface area contributed by atoms with E-state index >= 15 is 0 Å². The molecule has 0 N–H and O–H groups in total. The predicted molar refractivity (Wildman–Crippen MR) is 82.6 cm³/mol. The maximum absolute atomic E-state index is 12.4. The molecule has 106 valence electrons. The van der Waals surface area contributed by atoms with Gasteiger partial charge in [0.1, 0.15) is 10.6 Å². The van der Waals surface area contributed by atoms with Crippen LogP contribution in [0.15, 0.2) is 45.8 Å². The van der Waals surface area contributed by atoms with Crippen LogP contribution >= 0.6 is 15.9 Å². The van der Waals surface area contributed by atoms with Crippen molar-refractivity contribution < 1.29 is 12.6 Å². The summed E-state index contributed by atoms with van der Waals surface area (Å²) in [6.45, 7) is 5.60. The van der Waals surface area contributed by atoms with Crippen molar-refractivity contribution >= 4 is 26.0 Å². The molecule has 0 bridgehead atoms. The summed E-state index contributed by atoms with van der Waals surface area (Å²) >= 11 is 3.29. The molecule has 2 rings (SSSR count). The Labute approximate surface area is 127 Å². The number of halogens is 1. The fourth-order valence-electron chi connectivity index (χ4n) is 1.89. The minimum absolute atomic E-state index is 0.209. The van der Waals surface area contributed by atoms with Crippen LogP contribution in [0.1, 0.15) is 16.7 Å². The molecule has 2 aromatic carbocycles. The Balaban J connectivity index is 2.43. The van der Waals surface area contributed by atoms with E-state index in [4.69, 9.17) is 4.18 Å². The lowest BCUT2D eigenvalue weighted by atomic mass is 10.1. The summed E-state index contributed by atoms with van der Waals surface area (Å²) in [6, 6.07) is 10.3. The standard InChI is InChI=1S/C15H15BrO3S/c1-10-7-12(3)15(8-11(10)2)20(17,18)19-14-6-4-5-13(16)9-14/h4-9H,1-3H3. The third-order valence-corrected chi connectivity index (χ3v) is 4.95. The molecule has 0 spiro atoms. The Morgan fingerprint density at radius 1 is 0.950 bits per heavy atom. The number of aryl methyl sites for hydroxylation is 3. The van der Waals surface area contributed by atoms with Crippen LogP contribution in [0.4, 0.5) is 0 Å². The van der Waals surface area contributed by atoms with E-state index in [1.807, 2.05) is 19.9 Å². The second-order valence-corrected chi connectivity index (χ2v) is 7.13. The molecule has 0 aliphatic heterocycles. The lowest BCUT2D eigenvalue weighted by molar-refractivity contribution is 0.485. The highest BCUT2D eigenvalue weighted by Crippen LogP contribution is 2.25. The fraction of sp³-hybridized carbons (Fsp3) is 0.200. The molecule has 0 amide bonds. The van der Waals surface area contributed by atoms with Gasteiger partial charge in [0.25, 0.3) is 0 Å². The van der Waals surface area contributed by atoms with E-state index in [-0.39, 0.29) is 10.6 Å². The lowest BCUT2D eigenvalue weighted by Crippen LogP contribution is -2.12. The Bertz CT molecular complexity index is 752. The molecule has 3 nitrogen and oxygen atoms in total. The van der Waals surface area contributed by atoms with Gasteiger partial charge in [-0.05, 0) is 61.7 Å². The molecule has 0 saturated carbocycles. The third-order valence-electron chi connectivity index (χ3n) is 3.06. The van der Waals surface area contributed by atoms with E-state index in [9.17, 15) is 8.42 Å². The Morgan fingerprint density at radius 3 is 2.25 bits per heavy atom. The van der Waals surface area contributed by atoms with Gasteiger partial charge in [-0.1, -0.05) is 28.1 Å². The highest BCUT2D eigenvalue weighted by Gasteiger charge is 2.20. The smallest absolute Gasteiger partial charge is 0.339 e. The second kappa shape index (κ2) is 5.58. The summed E-state index contributed by atoms with van der Waals surface area (Å²) in [5.41, 5.74) is 2.67. The van der Waals surface area contributed by atoms with Gasteiger partial charge in [-0.15, -0.1) is 0 Å². The number of hydrogen-bond acceptors (Lipinski definition) is 3. The van der Waals surface area contributed by atoms with Gasteiger partial charge in [0.2, 0.25) is 0 Å². The van der Waals surface area contributed by atoms with Crippen LogP contribution in [0.25, 0.3) is 0 Å². The first-order valence-electron chi connectivity index (χ1n) is 6.07. The first-order chi connectivity index (χ1) is 9.29. The molecule has 0 aliphatic rings. The summed E-state index contributed by atoms with van der Waals surface area (Å²) in [5.74, 6) is 0.289. The maximum Gasteiger partial charge on any atom is 0.339 e. The van der Waals surface area contributed by atoms with Gasteiger partial charge >= 0.3 is 10.1 Å². The van der Waals surface area contributed by atoms with Crippen LogP contribution in [0, 0.1) is 20.8 Å². The van der Waals surface area contributed by atoms with Crippen LogP contribution < -0.4 is 4.18 Å². The molecule has 0 atom stereocenters. The minimum atomic E-state index is -3.82. The van der Waals surface area contributed by atoms with Crippen LogP contribution in [0.2, 0.25) is 0 Å². The predicted octanol–water partition coefficient (Wildman–Crippen LogP) is 4.14. The van der Waals surface area contributed by atoms with E-state index in [0.29, 0.717) is 5.56 Å². The number of hydrogen-bond donors (Lipinski definition) is 0. The zero-order valence-corrected chi connectivity index (χ0v) is 13.9. The van der Waals surface area contributed by atoms with Crippen molar-refractivity contribution in [1.82, 2.24) is 0 Å². The maximum atomic E-state index is 12.4. The topological polar surface area (TPSA) is 43.4 Å². The molecule has 0 saturated heterocycles. The molecule has 0 radical (unpaired) electrons. The van der Waals surface area contributed by atoms with Crippen LogP contribution in [0.5, 0.6) is 5.75 Å². The van der Waals surface area contributed by atoms with Crippen molar-refractivity contribution in [2.45, 2.75) is 25.7 Å². The second-order valence-electron chi connectivity index (χ2n) is 4.70. The molecule has 0 unspecified atom stereocenters. The van der Waals surface area contributed by atoms with Gasteiger partial charge in [0, 0.05) is 4.47 Å². The normalized spacial score (nSPS) is 11.4. The van der Waals surface area contributed by atoms with Crippen molar-refractivity contribution in [3.05, 3.63) is 57.6 Å². The first-order valence-corrected chi connectivity index (χ1v) is 8.27. The van der Waals surface area contributed by atoms with Gasteiger partial charge in [0.05, 0.1) is 0 Å². The van der Waals surface area contributed by atoms with Crippen molar-refractivity contribution in [2.75, 3.05) is 0 Å². The zero-order valence-electron chi connectivity index (χ0n) is 11.5. The van der Waals surface area contributed by atoms with Gasteiger partial charge < -0.3 is 4.18 Å². The SMILES string of the molecule is Cc1cc(C)c(S(=O)(=O)Oc2cccc(Br)c2)cc1C. The summed E-state index contributed by atoms with van der Waals surface area (Å²) in [5, 5.41) is 0. The fourth-order valence-corrected chi connectivity index (χ4v) is 3.49. The zero-order chi connectivity index (χ0) is 14.9. The van der Waals surface area contributed by atoms with Crippen LogP contribution in [0.3, 0.4) is 0 Å². The Hall–Kier alpha value is -1.33. The Kier molecular flexibility index (Phi) is 4.20. The molecule has 0 aromatic heterocycles. The van der Waals surface area contributed by atoms with Crippen molar-refractivity contribution in [1.29, 1.82) is 0 Å². The molecule has 20 heavy (non-hydrogen) atoms. The van der Waals surface area contributed by atoms with E-state index in [2.05, 4.69) is 15.9 Å². The van der Waals surface area contributed by atoms with Gasteiger partial charge in [-0.25, -0.2) is 0 Å². The Morgan fingerprint density at radius 2 is 1.60 bits per heavy atom. The lowest BCUT2D eigenvalue weighted by Gasteiger charge is -2.11. The quantitative estimate of drug-likeness (QED) is 0.777. The van der Waals surface area contributed by atoms with Gasteiger partial charge in [-0.2, -0.15) is 8.42 Å². The van der Waals surface area contributed by atoms with Crippen LogP contribution in [-0.4, -0.2) is 8.42 Å². The summed E-state index contributed by atoms with van der Waals surface area (Å²) in [6.07, 6.45) is 0. The van der Waals surface area contributed by atoms with Crippen molar-refractivity contribution in [3.8, 4) is 5.75 Å². The average Bonchev–Trinajstić information content (AvgIpc) is 2.33. The van der Waals surface area contributed by atoms with E-state index in [1.165, 1.54) is 0 Å². The van der Waals surface area contributed by atoms with Crippen molar-refractivity contribution in [2.24, 2.45) is 0 Å². The van der Waals surface area contributed by atoms with E-state index in [0.717, 1.165) is 15.6 Å². The van der Waals surface area contributed by atoms with Gasteiger partial charge in [0.15, 0.2) is 0 Å². The third kappa shape index (κ3) is 3.22. The number of rotatable bonds is 3. The monoisotopic (exact) mass is 354 g/mol. The van der Waals surface area contributed by atoms with Crippen molar-refractivity contribution in [3.63, 3.8) is 0 Å². The molecular weight excluding hydrogens is 340 g/mol. The summed E-state index contributed by atoms with van der Waals surface area (Å²) < 4.78 is 30.7. The average molecular weight is 355 g/mol. The molecular formula is C15H15BrO3S. The minimum Gasteiger partial charge on any atom is -0.379 e. The molecule has 0 fully saturated rings. The largest absolute Gasteiger partial charge is 0.379 e. The summed E-state index contributed by atoms with van der Waals surface area (Å²) in [7, 11) is -3.82. The van der Waals surface area contributed by atoms with Crippen LogP contribution in [-0.2, 0) is 10.1 Å². The number of benzene rings is 2.